The summed E-state index contributed by atoms with van der Waals surface area (Å²) in [6.07, 6.45) is 2.21. The van der Waals surface area contributed by atoms with E-state index in [1.165, 1.54) is 0 Å². The zero-order chi connectivity index (χ0) is 21.5. The molecule has 1 amide bonds. The Morgan fingerprint density at radius 3 is 2.50 bits per heavy atom. The van der Waals surface area contributed by atoms with Gasteiger partial charge < -0.3 is 4.90 Å². The Balaban J connectivity index is 1.79. The summed E-state index contributed by atoms with van der Waals surface area (Å²) in [6, 6.07) is 15.4. The molecule has 1 aliphatic heterocycles. The van der Waals surface area contributed by atoms with Crippen LogP contribution >= 0.6 is 0 Å². The van der Waals surface area contributed by atoms with Gasteiger partial charge in [0.05, 0.1) is 22.8 Å². The van der Waals surface area contributed by atoms with Crippen LogP contribution in [-0.4, -0.2) is 53.6 Å². The summed E-state index contributed by atoms with van der Waals surface area (Å²) in [4.78, 5) is 15.0. The quantitative estimate of drug-likeness (QED) is 0.645. The Kier molecular flexibility index (Phi) is 5.24. The first-order chi connectivity index (χ1) is 14.2. The van der Waals surface area contributed by atoms with Crippen LogP contribution in [0.4, 0.5) is 0 Å². The maximum absolute atomic E-state index is 13.4. The fourth-order valence-electron chi connectivity index (χ4n) is 3.96. The second-order valence-corrected chi connectivity index (χ2v) is 10.2. The first-order valence-electron chi connectivity index (χ1n) is 9.95. The van der Waals surface area contributed by atoms with Crippen LogP contribution in [0.5, 0.6) is 0 Å². The number of aryl methyl sites for hydroxylation is 2. The summed E-state index contributed by atoms with van der Waals surface area (Å²) in [7, 11) is -1.40. The minimum atomic E-state index is -3.08. The highest BCUT2D eigenvalue weighted by atomic mass is 32.2. The lowest BCUT2D eigenvalue weighted by atomic mass is 10.00. The maximum Gasteiger partial charge on any atom is 0.257 e. The van der Waals surface area contributed by atoms with E-state index in [4.69, 9.17) is 5.10 Å². The maximum atomic E-state index is 13.4. The summed E-state index contributed by atoms with van der Waals surface area (Å²) < 4.78 is 25.5. The van der Waals surface area contributed by atoms with Crippen molar-refractivity contribution in [2.75, 3.05) is 18.6 Å². The molecule has 1 saturated heterocycles. The molecule has 7 heteroatoms. The third-order valence-electron chi connectivity index (χ3n) is 5.68. The summed E-state index contributed by atoms with van der Waals surface area (Å²) in [5.41, 5.74) is 5.00. The molecule has 1 unspecified atom stereocenters. The standard InChI is InChI=1S/C23H25N3O3S/c1-16-9-10-20(17(2)13-16)22-21(14-26(24-22)18-7-5-4-6-8-18)23(27)25(3)19-11-12-30(28,29)15-19/h4-10,13-14,19H,11-12,15H2,1-3H3. The van der Waals surface area contributed by atoms with E-state index in [-0.39, 0.29) is 23.5 Å². The molecule has 0 N–H and O–H groups in total. The SMILES string of the molecule is Cc1ccc(-c2nn(-c3ccccc3)cc2C(=O)N(C)C2CCS(=O)(=O)C2)c(C)c1. The largest absolute Gasteiger partial charge is 0.338 e. The molecule has 0 bridgehead atoms. The van der Waals surface area contributed by atoms with Gasteiger partial charge >= 0.3 is 0 Å². The smallest absolute Gasteiger partial charge is 0.257 e. The van der Waals surface area contributed by atoms with Gasteiger partial charge in [0.25, 0.3) is 5.91 Å². The molecule has 3 aromatic rings. The number of benzene rings is 2. The van der Waals surface area contributed by atoms with Crippen molar-refractivity contribution >= 4 is 15.7 Å². The number of hydrogen-bond acceptors (Lipinski definition) is 4. The number of carbonyl (C=O) groups is 1. The van der Waals surface area contributed by atoms with Crippen molar-refractivity contribution in [3.63, 3.8) is 0 Å². The van der Waals surface area contributed by atoms with E-state index in [0.717, 1.165) is 22.4 Å². The van der Waals surface area contributed by atoms with Gasteiger partial charge in [0, 0.05) is 24.8 Å². The number of sulfone groups is 1. The van der Waals surface area contributed by atoms with Crippen LogP contribution in [0.1, 0.15) is 27.9 Å². The van der Waals surface area contributed by atoms with Crippen LogP contribution in [0, 0.1) is 13.8 Å². The van der Waals surface area contributed by atoms with Crippen LogP contribution < -0.4 is 0 Å². The Morgan fingerprint density at radius 1 is 1.13 bits per heavy atom. The molecule has 1 aliphatic rings. The molecule has 1 fully saturated rings. The first kappa shape index (κ1) is 20.3. The zero-order valence-electron chi connectivity index (χ0n) is 17.4. The highest BCUT2D eigenvalue weighted by Gasteiger charge is 2.34. The topological polar surface area (TPSA) is 72.3 Å². The van der Waals surface area contributed by atoms with Crippen molar-refractivity contribution in [3.05, 3.63) is 71.4 Å². The number of rotatable bonds is 4. The predicted octanol–water partition coefficient (Wildman–Crippen LogP) is 3.42. The normalized spacial score (nSPS) is 17.8. The van der Waals surface area contributed by atoms with Crippen molar-refractivity contribution in [3.8, 4) is 16.9 Å². The molecular weight excluding hydrogens is 398 g/mol. The summed E-state index contributed by atoms with van der Waals surface area (Å²) in [6.45, 7) is 4.03. The van der Waals surface area contributed by atoms with Gasteiger partial charge in [-0.25, -0.2) is 13.1 Å². The molecule has 30 heavy (non-hydrogen) atoms. The van der Waals surface area contributed by atoms with E-state index in [2.05, 4.69) is 6.07 Å². The molecule has 2 heterocycles. The van der Waals surface area contributed by atoms with Gasteiger partial charge in [0.2, 0.25) is 0 Å². The zero-order valence-corrected chi connectivity index (χ0v) is 18.2. The van der Waals surface area contributed by atoms with Gasteiger partial charge in [-0.15, -0.1) is 0 Å². The minimum Gasteiger partial charge on any atom is -0.338 e. The molecule has 1 aromatic heterocycles. The molecule has 0 aliphatic carbocycles. The third kappa shape index (κ3) is 3.89. The van der Waals surface area contributed by atoms with Crippen molar-refractivity contribution in [2.45, 2.75) is 26.3 Å². The monoisotopic (exact) mass is 423 g/mol. The van der Waals surface area contributed by atoms with Crippen LogP contribution in [0.2, 0.25) is 0 Å². The lowest BCUT2D eigenvalue weighted by Crippen LogP contribution is -2.37. The van der Waals surface area contributed by atoms with E-state index in [1.807, 2.05) is 56.3 Å². The predicted molar refractivity (Wildman–Crippen MR) is 118 cm³/mol. The average molecular weight is 424 g/mol. The van der Waals surface area contributed by atoms with Crippen LogP contribution in [0.15, 0.2) is 54.7 Å². The number of amides is 1. The lowest BCUT2D eigenvalue weighted by molar-refractivity contribution is 0.0748. The fourth-order valence-corrected chi connectivity index (χ4v) is 5.73. The second kappa shape index (κ2) is 7.72. The number of nitrogens with zero attached hydrogens (tertiary/aromatic N) is 3. The van der Waals surface area contributed by atoms with Gasteiger partial charge in [0.15, 0.2) is 9.84 Å². The first-order valence-corrected chi connectivity index (χ1v) is 11.8. The van der Waals surface area contributed by atoms with Gasteiger partial charge in [-0.05, 0) is 38.0 Å². The van der Waals surface area contributed by atoms with E-state index >= 15 is 0 Å². The van der Waals surface area contributed by atoms with Gasteiger partial charge in [-0.1, -0.05) is 42.0 Å². The van der Waals surface area contributed by atoms with Gasteiger partial charge in [0.1, 0.15) is 5.69 Å². The molecule has 0 radical (unpaired) electrons. The summed E-state index contributed by atoms with van der Waals surface area (Å²) >= 11 is 0. The Labute approximate surface area is 177 Å². The second-order valence-electron chi connectivity index (χ2n) is 7.96. The highest BCUT2D eigenvalue weighted by Crippen LogP contribution is 2.29. The fraction of sp³-hybridized carbons (Fsp3) is 0.304. The number of carbonyl (C=O) groups excluding carboxylic acids is 1. The van der Waals surface area contributed by atoms with Gasteiger partial charge in [-0.3, -0.25) is 4.79 Å². The molecule has 0 saturated carbocycles. The van der Waals surface area contributed by atoms with E-state index in [0.29, 0.717) is 17.7 Å². The minimum absolute atomic E-state index is 0.0148. The van der Waals surface area contributed by atoms with E-state index < -0.39 is 9.84 Å². The van der Waals surface area contributed by atoms with E-state index in [9.17, 15) is 13.2 Å². The molecule has 1 atom stereocenters. The van der Waals surface area contributed by atoms with Crippen molar-refractivity contribution in [2.24, 2.45) is 0 Å². The van der Waals surface area contributed by atoms with Crippen LogP contribution in [0.3, 0.4) is 0 Å². The van der Waals surface area contributed by atoms with Gasteiger partial charge in [-0.2, -0.15) is 5.10 Å². The third-order valence-corrected chi connectivity index (χ3v) is 7.43. The van der Waals surface area contributed by atoms with E-state index in [1.54, 1.807) is 22.8 Å². The van der Waals surface area contributed by atoms with Crippen molar-refractivity contribution < 1.29 is 13.2 Å². The number of para-hydroxylation sites is 1. The summed E-state index contributed by atoms with van der Waals surface area (Å²) in [5.74, 6) is -0.0713. The Morgan fingerprint density at radius 2 is 1.87 bits per heavy atom. The van der Waals surface area contributed by atoms with Crippen molar-refractivity contribution in [1.29, 1.82) is 0 Å². The Hall–Kier alpha value is -2.93. The molecule has 4 rings (SSSR count). The Bertz CT molecular complexity index is 1200. The number of aromatic nitrogens is 2. The number of hydrogen-bond donors (Lipinski definition) is 0. The molecule has 2 aromatic carbocycles. The molecule has 0 spiro atoms. The molecule has 6 nitrogen and oxygen atoms in total. The lowest BCUT2D eigenvalue weighted by Gasteiger charge is -2.23. The molecular formula is C23H25N3O3S. The van der Waals surface area contributed by atoms with Crippen LogP contribution in [0.25, 0.3) is 16.9 Å². The average Bonchev–Trinajstić information content (AvgIpc) is 3.31. The van der Waals surface area contributed by atoms with Crippen molar-refractivity contribution in [1.82, 2.24) is 14.7 Å². The highest BCUT2D eigenvalue weighted by molar-refractivity contribution is 7.91. The van der Waals surface area contributed by atoms with Crippen LogP contribution in [-0.2, 0) is 9.84 Å². The molecule has 156 valence electrons. The summed E-state index contributed by atoms with van der Waals surface area (Å²) in [5, 5.41) is 4.75.